The summed E-state index contributed by atoms with van der Waals surface area (Å²) in [6.45, 7) is 2.87. The molecule has 1 aromatic rings. The fourth-order valence-electron chi connectivity index (χ4n) is 1.71. The predicted octanol–water partition coefficient (Wildman–Crippen LogP) is 2.16. The Morgan fingerprint density at radius 3 is 2.72 bits per heavy atom. The highest BCUT2D eigenvalue weighted by atomic mass is 35.5. The van der Waals surface area contributed by atoms with Crippen LogP contribution in [0, 0.1) is 0 Å². The van der Waals surface area contributed by atoms with Gasteiger partial charge in [0.05, 0.1) is 17.2 Å². The van der Waals surface area contributed by atoms with Crippen LogP contribution in [0.15, 0.2) is 18.2 Å². The van der Waals surface area contributed by atoms with Crippen LogP contribution in [-0.2, 0) is 0 Å². The molecule has 1 aromatic carbocycles. The summed E-state index contributed by atoms with van der Waals surface area (Å²) in [5.74, 6) is -0.222. The molecular formula is C13H19ClN2O2. The second-order valence-corrected chi connectivity index (χ2v) is 4.48. The summed E-state index contributed by atoms with van der Waals surface area (Å²) >= 11 is 6.01. The van der Waals surface area contributed by atoms with Crippen LogP contribution < -0.4 is 5.73 Å². The summed E-state index contributed by atoms with van der Waals surface area (Å²) in [5, 5.41) is 9.36. The normalized spacial score (nSPS) is 10.4. The molecule has 0 fully saturated rings. The SMILES string of the molecule is CCCCN(CCO)C(=O)c1c(N)cccc1Cl. The first-order valence-electron chi connectivity index (χ1n) is 6.06. The van der Waals surface area contributed by atoms with Gasteiger partial charge in [0.25, 0.3) is 5.91 Å². The Labute approximate surface area is 112 Å². The van der Waals surface area contributed by atoms with Crippen molar-refractivity contribution in [2.24, 2.45) is 0 Å². The smallest absolute Gasteiger partial charge is 0.257 e. The number of anilines is 1. The lowest BCUT2D eigenvalue weighted by molar-refractivity contribution is 0.0720. The van der Waals surface area contributed by atoms with Crippen molar-refractivity contribution >= 4 is 23.2 Å². The summed E-state index contributed by atoms with van der Waals surface area (Å²) in [5.41, 5.74) is 6.48. The van der Waals surface area contributed by atoms with Crippen molar-refractivity contribution < 1.29 is 9.90 Å². The number of carbonyl (C=O) groups is 1. The number of aliphatic hydroxyl groups excluding tert-OH is 1. The van der Waals surface area contributed by atoms with Gasteiger partial charge in [-0.3, -0.25) is 4.79 Å². The van der Waals surface area contributed by atoms with E-state index in [1.807, 2.05) is 6.92 Å². The number of unbranched alkanes of at least 4 members (excludes halogenated alkanes) is 1. The Kier molecular flexibility index (Phi) is 5.95. The average Bonchev–Trinajstić information content (AvgIpc) is 2.34. The molecule has 1 amide bonds. The Morgan fingerprint density at radius 1 is 1.44 bits per heavy atom. The van der Waals surface area contributed by atoms with E-state index >= 15 is 0 Å². The molecule has 0 atom stereocenters. The van der Waals surface area contributed by atoms with E-state index in [1.165, 1.54) is 0 Å². The van der Waals surface area contributed by atoms with Crippen LogP contribution in [0.25, 0.3) is 0 Å². The molecular weight excluding hydrogens is 252 g/mol. The predicted molar refractivity (Wildman–Crippen MR) is 73.8 cm³/mol. The quantitative estimate of drug-likeness (QED) is 0.779. The summed E-state index contributed by atoms with van der Waals surface area (Å²) < 4.78 is 0. The van der Waals surface area contributed by atoms with Crippen LogP contribution in [0.1, 0.15) is 30.1 Å². The maximum absolute atomic E-state index is 12.3. The zero-order valence-electron chi connectivity index (χ0n) is 10.5. The van der Waals surface area contributed by atoms with Crippen molar-refractivity contribution in [3.63, 3.8) is 0 Å². The summed E-state index contributed by atoms with van der Waals surface area (Å²) in [7, 11) is 0. The van der Waals surface area contributed by atoms with Crippen molar-refractivity contribution in [2.75, 3.05) is 25.4 Å². The molecule has 0 aliphatic heterocycles. The maximum Gasteiger partial charge on any atom is 0.257 e. The number of hydrogen-bond donors (Lipinski definition) is 2. The second-order valence-electron chi connectivity index (χ2n) is 4.07. The molecule has 4 nitrogen and oxygen atoms in total. The van der Waals surface area contributed by atoms with Crippen molar-refractivity contribution in [3.05, 3.63) is 28.8 Å². The molecule has 0 aliphatic carbocycles. The van der Waals surface area contributed by atoms with Gasteiger partial charge in [-0.2, -0.15) is 0 Å². The van der Waals surface area contributed by atoms with Gasteiger partial charge in [-0.15, -0.1) is 0 Å². The molecule has 0 aromatic heterocycles. The van der Waals surface area contributed by atoms with Crippen LogP contribution in [0.4, 0.5) is 5.69 Å². The highest BCUT2D eigenvalue weighted by Crippen LogP contribution is 2.23. The number of halogens is 1. The van der Waals surface area contributed by atoms with E-state index in [9.17, 15) is 4.79 Å². The minimum atomic E-state index is -0.222. The molecule has 0 spiro atoms. The highest BCUT2D eigenvalue weighted by Gasteiger charge is 2.19. The van der Waals surface area contributed by atoms with Gasteiger partial charge in [-0.25, -0.2) is 0 Å². The molecule has 0 radical (unpaired) electrons. The van der Waals surface area contributed by atoms with E-state index < -0.39 is 0 Å². The van der Waals surface area contributed by atoms with Gasteiger partial charge in [0.1, 0.15) is 0 Å². The first-order chi connectivity index (χ1) is 8.61. The average molecular weight is 271 g/mol. The van der Waals surface area contributed by atoms with Crippen molar-refractivity contribution in [1.82, 2.24) is 4.90 Å². The molecule has 0 aliphatic rings. The van der Waals surface area contributed by atoms with E-state index in [4.69, 9.17) is 22.4 Å². The first kappa shape index (κ1) is 14.8. The van der Waals surface area contributed by atoms with Crippen LogP contribution in [0.2, 0.25) is 5.02 Å². The molecule has 1 rings (SSSR count). The Hall–Kier alpha value is -1.26. The van der Waals surface area contributed by atoms with Crippen molar-refractivity contribution in [3.8, 4) is 0 Å². The number of amides is 1. The van der Waals surface area contributed by atoms with Gasteiger partial charge in [0.2, 0.25) is 0 Å². The van der Waals surface area contributed by atoms with E-state index in [-0.39, 0.29) is 12.5 Å². The van der Waals surface area contributed by atoms with Gasteiger partial charge in [-0.1, -0.05) is 31.0 Å². The van der Waals surface area contributed by atoms with Crippen molar-refractivity contribution in [1.29, 1.82) is 0 Å². The second kappa shape index (κ2) is 7.24. The third-order valence-electron chi connectivity index (χ3n) is 2.70. The van der Waals surface area contributed by atoms with Gasteiger partial charge >= 0.3 is 0 Å². The molecule has 0 saturated heterocycles. The van der Waals surface area contributed by atoms with E-state index in [2.05, 4.69) is 0 Å². The number of nitrogen functional groups attached to an aromatic ring is 1. The fraction of sp³-hybridized carbons (Fsp3) is 0.462. The molecule has 0 heterocycles. The third-order valence-corrected chi connectivity index (χ3v) is 3.01. The zero-order valence-corrected chi connectivity index (χ0v) is 11.3. The molecule has 3 N–H and O–H groups in total. The van der Waals surface area contributed by atoms with Gasteiger partial charge in [0, 0.05) is 18.8 Å². The molecule has 0 bridgehead atoms. The van der Waals surface area contributed by atoms with Gasteiger partial charge in [0.15, 0.2) is 0 Å². The lowest BCUT2D eigenvalue weighted by Crippen LogP contribution is -2.35. The summed E-state index contributed by atoms with van der Waals surface area (Å²) in [6, 6.07) is 5.00. The summed E-state index contributed by atoms with van der Waals surface area (Å²) in [4.78, 5) is 13.9. The third kappa shape index (κ3) is 3.62. The van der Waals surface area contributed by atoms with Gasteiger partial charge in [-0.05, 0) is 18.6 Å². The molecule has 0 saturated carbocycles. The minimum absolute atomic E-state index is 0.0696. The lowest BCUT2D eigenvalue weighted by Gasteiger charge is -2.22. The number of aliphatic hydroxyl groups is 1. The Balaban J connectivity index is 2.94. The zero-order chi connectivity index (χ0) is 13.5. The molecule has 0 unspecified atom stereocenters. The minimum Gasteiger partial charge on any atom is -0.398 e. The summed E-state index contributed by atoms with van der Waals surface area (Å²) in [6.07, 6.45) is 1.86. The largest absolute Gasteiger partial charge is 0.398 e. The van der Waals surface area contributed by atoms with E-state index in [1.54, 1.807) is 23.1 Å². The number of carbonyl (C=O) groups excluding carboxylic acids is 1. The molecule has 18 heavy (non-hydrogen) atoms. The van der Waals surface area contributed by atoms with Gasteiger partial charge < -0.3 is 15.7 Å². The maximum atomic E-state index is 12.3. The first-order valence-corrected chi connectivity index (χ1v) is 6.43. The Morgan fingerprint density at radius 2 is 2.17 bits per heavy atom. The number of nitrogens with two attached hydrogens (primary N) is 1. The van der Waals surface area contributed by atoms with E-state index in [0.29, 0.717) is 29.4 Å². The fourth-order valence-corrected chi connectivity index (χ4v) is 1.97. The van der Waals surface area contributed by atoms with E-state index in [0.717, 1.165) is 12.8 Å². The number of hydrogen-bond acceptors (Lipinski definition) is 3. The van der Waals surface area contributed by atoms with Crippen LogP contribution in [0.5, 0.6) is 0 Å². The number of nitrogens with zero attached hydrogens (tertiary/aromatic N) is 1. The van der Waals surface area contributed by atoms with Crippen LogP contribution >= 0.6 is 11.6 Å². The monoisotopic (exact) mass is 270 g/mol. The topological polar surface area (TPSA) is 66.6 Å². The highest BCUT2D eigenvalue weighted by molar-refractivity contribution is 6.34. The van der Waals surface area contributed by atoms with Crippen LogP contribution in [0.3, 0.4) is 0 Å². The standard InChI is InChI=1S/C13H19ClN2O2/c1-2-3-7-16(8-9-17)13(18)12-10(14)5-4-6-11(12)15/h4-6,17H,2-3,7-9,15H2,1H3. The van der Waals surface area contributed by atoms with Crippen molar-refractivity contribution in [2.45, 2.75) is 19.8 Å². The van der Waals surface area contributed by atoms with Crippen LogP contribution in [-0.4, -0.2) is 35.6 Å². The molecule has 5 heteroatoms. The lowest BCUT2D eigenvalue weighted by atomic mass is 10.1. The number of rotatable bonds is 6. The molecule has 100 valence electrons. The Bertz CT molecular complexity index is 390. The number of benzene rings is 1.